The molecule has 0 aliphatic carbocycles. The van der Waals surface area contributed by atoms with Crippen molar-refractivity contribution < 1.29 is 102 Å². The zero-order valence-electron chi connectivity index (χ0n) is 9.35. The molecule has 0 aromatic rings. The summed E-state index contributed by atoms with van der Waals surface area (Å²) in [5.74, 6) is 0. The second-order valence-corrected chi connectivity index (χ2v) is 2.69. The number of rotatable bonds is 0. The monoisotopic (exact) mass is 274 g/mol. The summed E-state index contributed by atoms with van der Waals surface area (Å²) in [7, 11) is -9.33. The van der Waals surface area contributed by atoms with E-state index in [1.54, 1.807) is 0 Å². The van der Waals surface area contributed by atoms with Crippen molar-refractivity contribution in [2.24, 2.45) is 0 Å². The first-order valence-electron chi connectivity index (χ1n) is 1.69. The molecule has 14 heavy (non-hydrogen) atoms. The van der Waals surface area contributed by atoms with Crippen LogP contribution < -0.4 is 59.1 Å². The summed E-state index contributed by atoms with van der Waals surface area (Å²) >= 11 is 0. The Morgan fingerprint density at radius 2 is 0.714 bits per heavy atom. The SMILES string of the molecule is C=O.O=S(=O)(O)O.O=S(=O)(O)O.[H-].[H-].[Na+].[Na+]. The Morgan fingerprint density at radius 1 is 0.714 bits per heavy atom. The summed E-state index contributed by atoms with van der Waals surface area (Å²) in [6.45, 7) is 2.00. The van der Waals surface area contributed by atoms with E-state index < -0.39 is 20.8 Å². The van der Waals surface area contributed by atoms with E-state index in [1.807, 2.05) is 6.79 Å². The Bertz CT molecular complexity index is 239. The van der Waals surface area contributed by atoms with Gasteiger partial charge in [0.25, 0.3) is 0 Å². The van der Waals surface area contributed by atoms with Gasteiger partial charge in [0.2, 0.25) is 0 Å². The number of hydrogen-bond donors (Lipinski definition) is 4. The first-order valence-corrected chi connectivity index (χ1v) is 4.48. The summed E-state index contributed by atoms with van der Waals surface area (Å²) in [5, 5.41) is 0. The van der Waals surface area contributed by atoms with Gasteiger partial charge < -0.3 is 7.65 Å². The third-order valence-electron chi connectivity index (χ3n) is 0. The molecule has 0 saturated heterocycles. The van der Waals surface area contributed by atoms with Gasteiger partial charge in [-0.05, 0) is 0 Å². The molecular weight excluding hydrogens is 266 g/mol. The maximum absolute atomic E-state index is 8.74. The van der Waals surface area contributed by atoms with E-state index in [0.717, 1.165) is 0 Å². The maximum Gasteiger partial charge on any atom is 1.00 e. The second-order valence-electron chi connectivity index (χ2n) is 0.896. The molecule has 13 heteroatoms. The fourth-order valence-electron chi connectivity index (χ4n) is 0. The molecule has 0 unspecified atom stereocenters. The van der Waals surface area contributed by atoms with Crippen molar-refractivity contribution in [3.8, 4) is 0 Å². The van der Waals surface area contributed by atoms with Crippen LogP contribution in [0.1, 0.15) is 2.85 Å². The smallest absolute Gasteiger partial charge is 1.00 e. The largest absolute Gasteiger partial charge is 1.00 e. The predicted octanol–water partition coefficient (Wildman–Crippen LogP) is -7.26. The summed E-state index contributed by atoms with van der Waals surface area (Å²) in [5.41, 5.74) is 0. The minimum absolute atomic E-state index is 0. The molecule has 0 aliphatic rings. The first kappa shape index (κ1) is 29.5. The van der Waals surface area contributed by atoms with Crippen LogP contribution in [-0.4, -0.2) is 41.8 Å². The van der Waals surface area contributed by atoms with Crippen LogP contribution in [-0.2, 0) is 25.6 Å². The minimum atomic E-state index is -4.67. The van der Waals surface area contributed by atoms with Gasteiger partial charge in [0.05, 0.1) is 0 Å². The molecule has 0 saturated carbocycles. The normalized spacial score (nSPS) is 8.57. The molecule has 0 bridgehead atoms. The fraction of sp³-hybridized carbons (Fsp3) is 0. The van der Waals surface area contributed by atoms with Crippen LogP contribution in [0.25, 0.3) is 0 Å². The van der Waals surface area contributed by atoms with E-state index in [-0.39, 0.29) is 62.0 Å². The Labute approximate surface area is 128 Å². The van der Waals surface area contributed by atoms with Gasteiger partial charge in [-0.2, -0.15) is 16.8 Å². The van der Waals surface area contributed by atoms with E-state index in [1.165, 1.54) is 0 Å². The molecule has 0 fully saturated rings. The summed E-state index contributed by atoms with van der Waals surface area (Å²) in [6, 6.07) is 0. The van der Waals surface area contributed by atoms with E-state index in [4.69, 9.17) is 39.8 Å². The molecule has 0 aliphatic heterocycles. The van der Waals surface area contributed by atoms with Crippen LogP contribution in [0, 0.1) is 0 Å². The quantitative estimate of drug-likeness (QED) is 0.248. The average Bonchev–Trinajstić information content (AvgIpc) is 1.59. The van der Waals surface area contributed by atoms with Crippen molar-refractivity contribution >= 4 is 27.6 Å². The van der Waals surface area contributed by atoms with Crippen molar-refractivity contribution in [1.82, 2.24) is 0 Å². The van der Waals surface area contributed by atoms with E-state index in [0.29, 0.717) is 0 Å². The average molecular weight is 274 g/mol. The van der Waals surface area contributed by atoms with E-state index >= 15 is 0 Å². The molecule has 0 heterocycles. The van der Waals surface area contributed by atoms with Crippen molar-refractivity contribution in [2.45, 2.75) is 0 Å². The van der Waals surface area contributed by atoms with Gasteiger partial charge in [-0.15, -0.1) is 0 Å². The third kappa shape index (κ3) is 1040. The molecule has 9 nitrogen and oxygen atoms in total. The third-order valence-corrected chi connectivity index (χ3v) is 0. The van der Waals surface area contributed by atoms with Gasteiger partial charge >= 0.3 is 79.9 Å². The van der Waals surface area contributed by atoms with Gasteiger partial charge in [0.15, 0.2) is 0 Å². The Kier molecular flexibility index (Phi) is 30.4. The van der Waals surface area contributed by atoms with Gasteiger partial charge in [0, 0.05) is 0 Å². The molecule has 0 aromatic carbocycles. The molecule has 0 radical (unpaired) electrons. The van der Waals surface area contributed by atoms with E-state index in [9.17, 15) is 0 Å². The number of carbonyl (C=O) groups excluding carboxylic acids is 1. The summed E-state index contributed by atoms with van der Waals surface area (Å²) in [4.78, 5) is 8.00. The summed E-state index contributed by atoms with van der Waals surface area (Å²) < 4.78 is 63.2. The van der Waals surface area contributed by atoms with Gasteiger partial charge in [-0.3, -0.25) is 18.2 Å². The molecule has 0 rings (SSSR count). The predicted molar refractivity (Wildman–Crippen MR) is 37.7 cm³/mol. The fourth-order valence-corrected chi connectivity index (χ4v) is 0. The van der Waals surface area contributed by atoms with Gasteiger partial charge in [0.1, 0.15) is 6.79 Å². The first-order chi connectivity index (χ1) is 5.00. The maximum atomic E-state index is 8.74. The van der Waals surface area contributed by atoms with Crippen LogP contribution in [0.5, 0.6) is 0 Å². The van der Waals surface area contributed by atoms with Gasteiger partial charge in [-0.1, -0.05) is 0 Å². The topological polar surface area (TPSA) is 166 Å². The van der Waals surface area contributed by atoms with Gasteiger partial charge in [-0.25, -0.2) is 0 Å². The van der Waals surface area contributed by atoms with Crippen molar-refractivity contribution in [3.63, 3.8) is 0 Å². The number of hydrogen-bond acceptors (Lipinski definition) is 5. The molecular formula is CH8Na2O9S2. The molecule has 0 atom stereocenters. The van der Waals surface area contributed by atoms with Crippen LogP contribution in [0.15, 0.2) is 0 Å². The van der Waals surface area contributed by atoms with Crippen LogP contribution >= 0.6 is 0 Å². The minimum Gasteiger partial charge on any atom is -1.00 e. The zero-order valence-corrected chi connectivity index (χ0v) is 13.0. The standard InChI is InChI=1S/CH2O.2Na.2H2O4S.2H/c1-2;;;2*1-5(2,3)4;;/h1H2;;;2*(H2,1,2,3,4);;/q;2*+1;;;2*-1. The second kappa shape index (κ2) is 14.4. The Morgan fingerprint density at radius 3 is 0.714 bits per heavy atom. The van der Waals surface area contributed by atoms with Crippen LogP contribution in [0.3, 0.4) is 0 Å². The van der Waals surface area contributed by atoms with E-state index in [2.05, 4.69) is 0 Å². The Hall–Kier alpha value is 1.41. The zero-order chi connectivity index (χ0) is 11.0. The van der Waals surface area contributed by atoms with Crippen molar-refractivity contribution in [3.05, 3.63) is 0 Å². The summed E-state index contributed by atoms with van der Waals surface area (Å²) in [6.07, 6.45) is 0. The molecule has 80 valence electrons. The molecule has 0 spiro atoms. The number of carbonyl (C=O) groups is 1. The molecule has 4 N–H and O–H groups in total. The Balaban J connectivity index is -0.0000000144. The van der Waals surface area contributed by atoms with Crippen LogP contribution in [0.2, 0.25) is 0 Å². The van der Waals surface area contributed by atoms with Crippen molar-refractivity contribution in [1.29, 1.82) is 0 Å². The van der Waals surface area contributed by atoms with Crippen LogP contribution in [0.4, 0.5) is 0 Å². The molecule has 0 aromatic heterocycles. The van der Waals surface area contributed by atoms with Crippen molar-refractivity contribution in [2.75, 3.05) is 0 Å². The molecule has 0 amide bonds.